The Morgan fingerprint density at radius 1 is 1.02 bits per heavy atom. The lowest BCUT2D eigenvalue weighted by atomic mass is 9.95. The second-order valence-corrected chi connectivity index (χ2v) is 10.3. The van der Waals surface area contributed by atoms with E-state index in [1.165, 1.54) is 28.2 Å². The quantitative estimate of drug-likeness (QED) is 0.426. The summed E-state index contributed by atoms with van der Waals surface area (Å²) < 4.78 is 19.1. The second-order valence-electron chi connectivity index (χ2n) is 10.3. The molecule has 0 bridgehead atoms. The number of carbonyl (C=O) groups excluding carboxylic acids is 3. The van der Waals surface area contributed by atoms with Crippen LogP contribution in [0.3, 0.4) is 0 Å². The zero-order valence-electron chi connectivity index (χ0n) is 22.7. The topological polar surface area (TPSA) is 107 Å². The molecule has 11 heteroatoms. The third-order valence-electron chi connectivity index (χ3n) is 7.58. The number of methoxy groups -OCH3 is 1. The van der Waals surface area contributed by atoms with Crippen LogP contribution in [0, 0.1) is 19.7 Å². The van der Waals surface area contributed by atoms with Gasteiger partial charge in [0.2, 0.25) is 0 Å². The van der Waals surface area contributed by atoms with E-state index in [1.54, 1.807) is 7.11 Å². The average Bonchev–Trinajstić information content (AvgIpc) is 3.64. The zero-order chi connectivity index (χ0) is 28.8. The third-order valence-corrected chi connectivity index (χ3v) is 7.58. The minimum atomic E-state index is -1.11. The van der Waals surface area contributed by atoms with Gasteiger partial charge in [-0.05, 0) is 55.3 Å². The molecule has 1 saturated heterocycles. The van der Waals surface area contributed by atoms with Gasteiger partial charge in [0.25, 0.3) is 17.7 Å². The molecule has 3 heterocycles. The number of nitrogens with zero attached hydrogens (tertiary/aromatic N) is 6. The van der Waals surface area contributed by atoms with Gasteiger partial charge in [-0.1, -0.05) is 47.2 Å². The summed E-state index contributed by atoms with van der Waals surface area (Å²) in [6.07, 6.45) is 0.486. The monoisotopic (exact) mass is 554 g/mol. The van der Waals surface area contributed by atoms with E-state index in [-0.39, 0.29) is 12.2 Å². The van der Waals surface area contributed by atoms with Gasteiger partial charge >= 0.3 is 0 Å². The zero-order valence-corrected chi connectivity index (χ0v) is 22.7. The Morgan fingerprint density at radius 3 is 2.51 bits per heavy atom. The van der Waals surface area contributed by atoms with Crippen molar-refractivity contribution in [2.24, 2.45) is 15.4 Å². The van der Waals surface area contributed by atoms with Gasteiger partial charge in [-0.25, -0.2) is 14.3 Å². The highest BCUT2D eigenvalue weighted by Crippen LogP contribution is 2.36. The Balaban J connectivity index is 1.28. The van der Waals surface area contributed by atoms with Gasteiger partial charge in [-0.3, -0.25) is 19.4 Å². The number of benzene rings is 3. The molecule has 0 aromatic heterocycles. The number of ether oxygens (including phenoxy) is 1. The molecule has 3 aliphatic rings. The van der Waals surface area contributed by atoms with Crippen molar-refractivity contribution in [3.8, 4) is 5.75 Å². The molecule has 3 aliphatic heterocycles. The summed E-state index contributed by atoms with van der Waals surface area (Å²) >= 11 is 0. The predicted molar refractivity (Wildman–Crippen MR) is 148 cm³/mol. The number of carbonyl (C=O) groups is 3. The Bertz CT molecular complexity index is 1620. The molecular weight excluding hydrogens is 527 g/mol. The number of anilines is 1. The third kappa shape index (κ3) is 4.62. The highest BCUT2D eigenvalue weighted by atomic mass is 19.1. The molecule has 3 aromatic carbocycles. The number of hydrazone groups is 1. The summed E-state index contributed by atoms with van der Waals surface area (Å²) in [4.78, 5) is 41.0. The SMILES string of the molecule is COc1ccc(C2CC(c3ccc(C)cc3C)=NN2C(=O)CN2N=NC3C(=O)N(c4cccc(F)c4)C(=O)C32)cc1. The van der Waals surface area contributed by atoms with E-state index < -0.39 is 41.7 Å². The highest BCUT2D eigenvalue weighted by molar-refractivity contribution is 6.25. The number of imide groups is 1. The summed E-state index contributed by atoms with van der Waals surface area (Å²) in [5.74, 6) is -1.52. The van der Waals surface area contributed by atoms with Gasteiger partial charge in [0.05, 0.1) is 24.6 Å². The number of aryl methyl sites for hydroxylation is 2. The molecule has 3 amide bonds. The lowest BCUT2D eigenvalue weighted by Crippen LogP contribution is -2.44. The molecule has 0 spiro atoms. The van der Waals surface area contributed by atoms with Crippen LogP contribution in [0.5, 0.6) is 5.75 Å². The van der Waals surface area contributed by atoms with Crippen molar-refractivity contribution in [2.45, 2.75) is 38.4 Å². The molecular formula is C30H27FN6O4. The van der Waals surface area contributed by atoms with Crippen LogP contribution in [-0.4, -0.2) is 59.2 Å². The van der Waals surface area contributed by atoms with Crippen molar-refractivity contribution >= 4 is 29.1 Å². The van der Waals surface area contributed by atoms with E-state index in [1.807, 2.05) is 50.2 Å². The fraction of sp³-hybridized carbons (Fsp3) is 0.267. The first-order valence-corrected chi connectivity index (χ1v) is 13.2. The molecule has 6 rings (SSSR count). The molecule has 1 fully saturated rings. The number of rotatable bonds is 6. The standard InChI is InChI=1S/C30H27FN6O4/c1-17-7-12-23(18(2)13-17)24-15-25(19-8-10-22(41-3)11-9-19)37(33-24)26(38)16-35-28-27(32-34-35)29(39)36(30(28)40)21-6-4-5-20(31)14-21/h4-14,25,27-28H,15-16H2,1-3H3. The maximum Gasteiger partial charge on any atom is 0.264 e. The molecule has 0 saturated carbocycles. The van der Waals surface area contributed by atoms with Gasteiger partial charge in [-0.2, -0.15) is 10.2 Å². The molecule has 3 atom stereocenters. The minimum Gasteiger partial charge on any atom is -0.497 e. The van der Waals surface area contributed by atoms with Gasteiger partial charge in [0.1, 0.15) is 18.1 Å². The maximum atomic E-state index is 13.8. The first-order valence-electron chi connectivity index (χ1n) is 13.2. The van der Waals surface area contributed by atoms with Crippen LogP contribution in [0.15, 0.2) is 82.2 Å². The number of hydrogen-bond donors (Lipinski definition) is 0. The van der Waals surface area contributed by atoms with Crippen LogP contribution >= 0.6 is 0 Å². The first kappa shape index (κ1) is 26.3. The van der Waals surface area contributed by atoms with Crippen LogP contribution in [-0.2, 0) is 14.4 Å². The molecule has 3 aromatic rings. The molecule has 208 valence electrons. The minimum absolute atomic E-state index is 0.109. The normalized spacial score (nSPS) is 21.5. The number of hydrogen-bond acceptors (Lipinski definition) is 8. The summed E-state index contributed by atoms with van der Waals surface area (Å²) in [5.41, 5.74) is 4.87. The van der Waals surface area contributed by atoms with Gasteiger partial charge in [0, 0.05) is 12.0 Å². The van der Waals surface area contributed by atoms with Crippen LogP contribution in [0.4, 0.5) is 10.1 Å². The molecule has 10 nitrogen and oxygen atoms in total. The van der Waals surface area contributed by atoms with E-state index in [4.69, 9.17) is 9.84 Å². The maximum absolute atomic E-state index is 13.8. The summed E-state index contributed by atoms with van der Waals surface area (Å²) in [5, 5.41) is 15.4. The number of halogens is 1. The summed E-state index contributed by atoms with van der Waals surface area (Å²) in [6, 6.07) is 16.2. The molecule has 0 aliphatic carbocycles. The molecule has 0 N–H and O–H groups in total. The molecule has 41 heavy (non-hydrogen) atoms. The molecule has 3 unspecified atom stereocenters. The Hall–Kier alpha value is -4.93. The fourth-order valence-electron chi connectivity index (χ4n) is 5.56. The predicted octanol–water partition coefficient (Wildman–Crippen LogP) is 4.12. The van der Waals surface area contributed by atoms with Crippen molar-refractivity contribution in [3.63, 3.8) is 0 Å². The van der Waals surface area contributed by atoms with Crippen molar-refractivity contribution in [1.82, 2.24) is 10.0 Å². The summed E-state index contributed by atoms with van der Waals surface area (Å²) in [6.45, 7) is 3.71. The van der Waals surface area contributed by atoms with E-state index >= 15 is 0 Å². The van der Waals surface area contributed by atoms with Crippen molar-refractivity contribution < 1.29 is 23.5 Å². The average molecular weight is 555 g/mol. The van der Waals surface area contributed by atoms with E-state index in [0.29, 0.717) is 12.2 Å². The lowest BCUT2D eigenvalue weighted by molar-refractivity contribution is -0.135. The Kier molecular flexibility index (Phi) is 6.56. The van der Waals surface area contributed by atoms with Gasteiger partial charge < -0.3 is 4.74 Å². The van der Waals surface area contributed by atoms with Gasteiger partial charge in [-0.15, -0.1) is 0 Å². The highest BCUT2D eigenvalue weighted by Gasteiger charge is 2.55. The van der Waals surface area contributed by atoms with Crippen LogP contribution in [0.25, 0.3) is 0 Å². The smallest absolute Gasteiger partial charge is 0.264 e. The van der Waals surface area contributed by atoms with E-state index in [9.17, 15) is 18.8 Å². The Labute approximate surface area is 235 Å². The fourth-order valence-corrected chi connectivity index (χ4v) is 5.56. The van der Waals surface area contributed by atoms with Crippen LogP contribution in [0.1, 0.15) is 34.7 Å². The van der Waals surface area contributed by atoms with Crippen molar-refractivity contribution in [1.29, 1.82) is 0 Å². The van der Waals surface area contributed by atoms with Crippen LogP contribution < -0.4 is 9.64 Å². The lowest BCUT2D eigenvalue weighted by Gasteiger charge is -2.25. The molecule has 0 radical (unpaired) electrons. The van der Waals surface area contributed by atoms with Crippen LogP contribution in [0.2, 0.25) is 0 Å². The van der Waals surface area contributed by atoms with E-state index in [0.717, 1.165) is 38.9 Å². The second kappa shape index (κ2) is 10.2. The Morgan fingerprint density at radius 2 is 1.80 bits per heavy atom. The number of amides is 3. The number of fused-ring (bicyclic) bond motifs is 1. The van der Waals surface area contributed by atoms with Gasteiger partial charge in [0.15, 0.2) is 12.1 Å². The first-order chi connectivity index (χ1) is 19.7. The van der Waals surface area contributed by atoms with Crippen molar-refractivity contribution in [3.05, 3.63) is 94.8 Å². The summed E-state index contributed by atoms with van der Waals surface area (Å²) in [7, 11) is 1.59. The van der Waals surface area contributed by atoms with E-state index in [2.05, 4.69) is 16.4 Å². The van der Waals surface area contributed by atoms with Crippen molar-refractivity contribution in [2.75, 3.05) is 18.6 Å². The largest absolute Gasteiger partial charge is 0.497 e.